The van der Waals surface area contributed by atoms with Gasteiger partial charge in [-0.05, 0) is 49.6 Å². The first-order valence-corrected chi connectivity index (χ1v) is 14.0. The summed E-state index contributed by atoms with van der Waals surface area (Å²) in [5, 5.41) is 9.58. The number of methoxy groups -OCH3 is 1. The highest BCUT2D eigenvalue weighted by atomic mass is 32.2. The first-order valence-electron chi connectivity index (χ1n) is 12.5. The smallest absolute Gasteiger partial charge is 0.307 e. The van der Waals surface area contributed by atoms with Crippen LogP contribution in [0.15, 0.2) is 77.1 Å². The zero-order valence-electron chi connectivity index (χ0n) is 22.2. The molecular weight excluding hydrogens is 552 g/mol. The molecular formula is C27H30N6O7S. The molecule has 2 heterocycles. The molecule has 3 rings (SSSR count). The largest absolute Gasteiger partial charge is 0.469 e. The Balaban J connectivity index is 1.51. The number of hydrazone groups is 1. The monoisotopic (exact) mass is 582 g/mol. The van der Waals surface area contributed by atoms with Gasteiger partial charge >= 0.3 is 5.97 Å². The topological polar surface area (TPSA) is 189 Å². The van der Waals surface area contributed by atoms with E-state index in [1.807, 2.05) is 0 Å². The standard InChI is InChI=1S/C27H30N6O7S/c1-40-25(34)16-22(7-4-5-13-29-26(35)19-11-14-28-15-12-19)32-27(36)21-9-10-24(30-17-21)33-31-18-20-6-2-3-8-23(20)41(37,38)39/h2-3,6,8-12,14-15,17-18,22H,4-5,7,13,16H2,1H3,(H,29,35)(H,30,33)(H,32,36)(H,37,38,39). The molecule has 0 aliphatic carbocycles. The van der Waals surface area contributed by atoms with E-state index in [9.17, 15) is 27.4 Å². The van der Waals surface area contributed by atoms with Crippen molar-refractivity contribution in [2.75, 3.05) is 19.1 Å². The fourth-order valence-electron chi connectivity index (χ4n) is 3.69. The highest BCUT2D eigenvalue weighted by Gasteiger charge is 2.18. The maximum atomic E-state index is 12.8. The summed E-state index contributed by atoms with van der Waals surface area (Å²) in [7, 11) is -3.14. The zero-order valence-corrected chi connectivity index (χ0v) is 23.0. The van der Waals surface area contributed by atoms with E-state index in [0.29, 0.717) is 31.4 Å². The van der Waals surface area contributed by atoms with Crippen LogP contribution in [0.3, 0.4) is 0 Å². The number of ether oxygens (including phenoxy) is 1. The van der Waals surface area contributed by atoms with Gasteiger partial charge in [-0.25, -0.2) is 4.98 Å². The molecule has 0 aliphatic heterocycles. The average Bonchev–Trinajstić information content (AvgIpc) is 2.97. The Morgan fingerprint density at radius 1 is 1.02 bits per heavy atom. The molecule has 4 N–H and O–H groups in total. The molecule has 0 bridgehead atoms. The van der Waals surface area contributed by atoms with Crippen LogP contribution in [0, 0.1) is 0 Å². The summed E-state index contributed by atoms with van der Waals surface area (Å²) < 4.78 is 37.0. The van der Waals surface area contributed by atoms with E-state index in [-0.39, 0.29) is 34.2 Å². The van der Waals surface area contributed by atoms with Gasteiger partial charge in [-0.2, -0.15) is 13.5 Å². The van der Waals surface area contributed by atoms with Gasteiger partial charge in [0.15, 0.2) is 0 Å². The van der Waals surface area contributed by atoms with Crippen LogP contribution in [0.5, 0.6) is 0 Å². The van der Waals surface area contributed by atoms with E-state index in [2.05, 4.69) is 31.1 Å². The number of hydrogen-bond acceptors (Lipinski definition) is 10. The number of benzene rings is 1. The predicted molar refractivity (Wildman–Crippen MR) is 150 cm³/mol. The Bertz CT molecular complexity index is 1460. The number of anilines is 1. The molecule has 0 saturated carbocycles. The Labute approximate surface area is 237 Å². The van der Waals surface area contributed by atoms with Crippen LogP contribution >= 0.6 is 0 Å². The van der Waals surface area contributed by atoms with Crippen molar-refractivity contribution in [3.8, 4) is 0 Å². The van der Waals surface area contributed by atoms with Gasteiger partial charge in [0, 0.05) is 42.3 Å². The third kappa shape index (κ3) is 10.1. The number of nitrogens with one attached hydrogen (secondary N) is 3. The van der Waals surface area contributed by atoms with E-state index in [0.717, 1.165) is 0 Å². The number of amides is 2. The Kier molecular flexibility index (Phi) is 11.4. The fourth-order valence-corrected chi connectivity index (χ4v) is 4.36. The van der Waals surface area contributed by atoms with Crippen LogP contribution in [-0.4, -0.2) is 66.6 Å². The molecule has 1 aromatic carbocycles. The minimum atomic E-state index is -4.41. The molecule has 0 saturated heterocycles. The number of carbonyl (C=O) groups is 3. The molecule has 2 aromatic heterocycles. The lowest BCUT2D eigenvalue weighted by molar-refractivity contribution is -0.141. The van der Waals surface area contributed by atoms with Crippen LogP contribution in [0.4, 0.5) is 5.82 Å². The highest BCUT2D eigenvalue weighted by molar-refractivity contribution is 7.86. The highest BCUT2D eigenvalue weighted by Crippen LogP contribution is 2.14. The molecule has 1 unspecified atom stereocenters. The summed E-state index contributed by atoms with van der Waals surface area (Å²) >= 11 is 0. The van der Waals surface area contributed by atoms with Crippen molar-refractivity contribution < 1.29 is 32.1 Å². The third-order valence-corrected chi connectivity index (χ3v) is 6.72. The van der Waals surface area contributed by atoms with Gasteiger partial charge in [0.25, 0.3) is 21.9 Å². The van der Waals surface area contributed by atoms with Crippen LogP contribution in [0.25, 0.3) is 0 Å². The minimum Gasteiger partial charge on any atom is -0.469 e. The van der Waals surface area contributed by atoms with E-state index >= 15 is 0 Å². The quantitative estimate of drug-likeness (QED) is 0.0722. The van der Waals surface area contributed by atoms with Crippen LogP contribution in [0.1, 0.15) is 52.0 Å². The SMILES string of the molecule is COC(=O)CC(CCCCNC(=O)c1ccncc1)NC(=O)c1ccc(NN=Cc2ccccc2S(=O)(=O)O)nc1. The van der Waals surface area contributed by atoms with Gasteiger partial charge in [-0.1, -0.05) is 18.2 Å². The molecule has 2 amide bonds. The van der Waals surface area contributed by atoms with E-state index in [1.165, 1.54) is 49.9 Å². The van der Waals surface area contributed by atoms with E-state index in [4.69, 9.17) is 4.74 Å². The second kappa shape index (κ2) is 15.2. The molecule has 0 spiro atoms. The molecule has 0 radical (unpaired) electrons. The Hall–Kier alpha value is -4.69. The first kappa shape index (κ1) is 30.8. The lowest BCUT2D eigenvalue weighted by Gasteiger charge is -2.18. The fraction of sp³-hybridized carbons (Fsp3) is 0.259. The number of esters is 1. The van der Waals surface area contributed by atoms with Gasteiger partial charge < -0.3 is 15.4 Å². The van der Waals surface area contributed by atoms with Gasteiger partial charge in [0.1, 0.15) is 10.7 Å². The Morgan fingerprint density at radius 3 is 2.46 bits per heavy atom. The molecule has 13 nitrogen and oxygen atoms in total. The van der Waals surface area contributed by atoms with Crippen LogP contribution in [0.2, 0.25) is 0 Å². The van der Waals surface area contributed by atoms with Crippen LogP contribution in [-0.2, 0) is 19.6 Å². The number of rotatable bonds is 14. The second-order valence-corrected chi connectivity index (χ2v) is 10.1. The van der Waals surface area contributed by atoms with Gasteiger partial charge in [0.2, 0.25) is 0 Å². The molecule has 0 aliphatic rings. The summed E-state index contributed by atoms with van der Waals surface area (Å²) in [5.41, 5.74) is 3.56. The van der Waals surface area contributed by atoms with Crippen molar-refractivity contribution in [3.63, 3.8) is 0 Å². The van der Waals surface area contributed by atoms with Gasteiger partial charge in [-0.3, -0.25) is 29.3 Å². The van der Waals surface area contributed by atoms with Crippen LogP contribution < -0.4 is 16.1 Å². The number of unbranched alkanes of at least 4 members (excludes halogenated alkanes) is 1. The molecule has 3 aromatic rings. The van der Waals surface area contributed by atoms with Crippen molar-refractivity contribution in [1.29, 1.82) is 0 Å². The molecule has 41 heavy (non-hydrogen) atoms. The number of aromatic nitrogens is 2. The normalized spacial score (nSPS) is 12.0. The number of carbonyl (C=O) groups excluding carboxylic acids is 3. The van der Waals surface area contributed by atoms with Crippen molar-refractivity contribution in [2.24, 2.45) is 5.10 Å². The third-order valence-electron chi connectivity index (χ3n) is 5.79. The van der Waals surface area contributed by atoms with Crippen molar-refractivity contribution in [3.05, 3.63) is 83.8 Å². The second-order valence-electron chi connectivity index (χ2n) is 8.75. The maximum Gasteiger partial charge on any atom is 0.307 e. The van der Waals surface area contributed by atoms with Crippen molar-refractivity contribution in [1.82, 2.24) is 20.6 Å². The number of nitrogens with zero attached hydrogens (tertiary/aromatic N) is 3. The van der Waals surface area contributed by atoms with Gasteiger partial charge in [-0.15, -0.1) is 0 Å². The predicted octanol–water partition coefficient (Wildman–Crippen LogP) is 2.43. The summed E-state index contributed by atoms with van der Waals surface area (Å²) in [6, 6.07) is 11.5. The molecule has 14 heteroatoms. The lowest BCUT2D eigenvalue weighted by Crippen LogP contribution is -2.37. The summed E-state index contributed by atoms with van der Waals surface area (Å²) in [5.74, 6) is -0.824. The van der Waals surface area contributed by atoms with E-state index in [1.54, 1.807) is 30.6 Å². The molecule has 216 valence electrons. The van der Waals surface area contributed by atoms with Crippen molar-refractivity contribution in [2.45, 2.75) is 36.6 Å². The summed E-state index contributed by atoms with van der Waals surface area (Å²) in [6.45, 7) is 0.433. The minimum absolute atomic E-state index is 0.0154. The van der Waals surface area contributed by atoms with E-state index < -0.39 is 28.0 Å². The average molecular weight is 583 g/mol. The molecule has 1 atom stereocenters. The van der Waals surface area contributed by atoms with Crippen molar-refractivity contribution >= 4 is 39.9 Å². The van der Waals surface area contributed by atoms with Gasteiger partial charge in [0.05, 0.1) is 25.3 Å². The summed E-state index contributed by atoms with van der Waals surface area (Å²) in [4.78, 5) is 44.5. The molecule has 0 fully saturated rings. The Morgan fingerprint density at radius 2 is 1.78 bits per heavy atom. The number of hydrogen-bond donors (Lipinski definition) is 4. The lowest BCUT2D eigenvalue weighted by atomic mass is 10.1. The zero-order chi connectivity index (χ0) is 29.7. The maximum absolute atomic E-state index is 12.8. The first-order chi connectivity index (χ1) is 19.7. The summed E-state index contributed by atoms with van der Waals surface area (Å²) in [6.07, 6.45) is 7.37. The number of pyridine rings is 2.